The Morgan fingerprint density at radius 3 is 2.65 bits per heavy atom. The van der Waals surface area contributed by atoms with E-state index in [-0.39, 0.29) is 0 Å². The van der Waals surface area contributed by atoms with Gasteiger partial charge in [0.2, 0.25) is 0 Å². The van der Waals surface area contributed by atoms with Crippen molar-refractivity contribution in [3.8, 4) is 11.5 Å². The maximum Gasteiger partial charge on any atom is 0.126 e. The van der Waals surface area contributed by atoms with Crippen LogP contribution in [0.5, 0.6) is 11.5 Å². The Balaban J connectivity index is 2.24. The number of ether oxygens (including phenoxy) is 2. The first-order valence-electron chi connectivity index (χ1n) is 6.22. The minimum Gasteiger partial charge on any atom is -0.497 e. The predicted octanol–water partition coefficient (Wildman–Crippen LogP) is 2.69. The molecule has 17 heavy (non-hydrogen) atoms. The molecule has 0 saturated heterocycles. The Kier molecular flexibility index (Phi) is 3.89. The first-order chi connectivity index (χ1) is 8.24. The summed E-state index contributed by atoms with van der Waals surface area (Å²) in [5, 5.41) is 0. The highest BCUT2D eigenvalue weighted by Gasteiger charge is 2.23. The van der Waals surface area contributed by atoms with Gasteiger partial charge in [0.1, 0.15) is 11.5 Å². The zero-order chi connectivity index (χ0) is 12.3. The van der Waals surface area contributed by atoms with Crippen LogP contribution in [0.1, 0.15) is 37.2 Å². The van der Waals surface area contributed by atoms with E-state index in [2.05, 4.69) is 6.07 Å². The van der Waals surface area contributed by atoms with Crippen molar-refractivity contribution in [1.29, 1.82) is 0 Å². The summed E-state index contributed by atoms with van der Waals surface area (Å²) in [6, 6.07) is 6.40. The molecule has 1 aromatic carbocycles. The van der Waals surface area contributed by atoms with E-state index in [1.165, 1.54) is 18.4 Å². The van der Waals surface area contributed by atoms with E-state index in [4.69, 9.17) is 15.2 Å². The Bertz CT molecular complexity index is 378. The van der Waals surface area contributed by atoms with Gasteiger partial charge in [-0.15, -0.1) is 0 Å². The van der Waals surface area contributed by atoms with Crippen molar-refractivity contribution in [3.63, 3.8) is 0 Å². The van der Waals surface area contributed by atoms with Crippen LogP contribution in [0.4, 0.5) is 0 Å². The number of hydrogen-bond acceptors (Lipinski definition) is 3. The largest absolute Gasteiger partial charge is 0.497 e. The molecule has 1 fully saturated rings. The monoisotopic (exact) mass is 235 g/mol. The van der Waals surface area contributed by atoms with Gasteiger partial charge in [0.25, 0.3) is 0 Å². The molecule has 1 aliphatic carbocycles. The van der Waals surface area contributed by atoms with Gasteiger partial charge >= 0.3 is 0 Å². The van der Waals surface area contributed by atoms with Gasteiger partial charge in [-0.1, -0.05) is 12.5 Å². The van der Waals surface area contributed by atoms with Gasteiger partial charge in [-0.05, 0) is 36.8 Å². The van der Waals surface area contributed by atoms with Crippen LogP contribution in [0.15, 0.2) is 18.2 Å². The lowest BCUT2D eigenvalue weighted by atomic mass is 9.81. The third-order valence-corrected chi connectivity index (χ3v) is 3.60. The lowest BCUT2D eigenvalue weighted by molar-refractivity contribution is 0.362. The van der Waals surface area contributed by atoms with Crippen LogP contribution in [0, 0.1) is 0 Å². The molecule has 0 aromatic heterocycles. The molecule has 0 bridgehead atoms. The summed E-state index contributed by atoms with van der Waals surface area (Å²) in [7, 11) is 3.38. The van der Waals surface area contributed by atoms with E-state index in [0.29, 0.717) is 12.0 Å². The van der Waals surface area contributed by atoms with E-state index in [9.17, 15) is 0 Å². The molecule has 1 saturated carbocycles. The molecule has 94 valence electrons. The van der Waals surface area contributed by atoms with Crippen LogP contribution in [0.2, 0.25) is 0 Å². The van der Waals surface area contributed by atoms with Crippen LogP contribution in [0.3, 0.4) is 0 Å². The zero-order valence-electron chi connectivity index (χ0n) is 10.6. The molecule has 0 aliphatic heterocycles. The fourth-order valence-corrected chi connectivity index (χ4v) is 2.67. The van der Waals surface area contributed by atoms with Gasteiger partial charge in [0.05, 0.1) is 14.2 Å². The topological polar surface area (TPSA) is 44.5 Å². The molecule has 2 rings (SSSR count). The van der Waals surface area contributed by atoms with Gasteiger partial charge in [-0.2, -0.15) is 0 Å². The van der Waals surface area contributed by atoms with Gasteiger partial charge < -0.3 is 15.2 Å². The highest BCUT2D eigenvalue weighted by molar-refractivity contribution is 5.43. The molecule has 2 atom stereocenters. The van der Waals surface area contributed by atoms with Crippen LogP contribution in [0.25, 0.3) is 0 Å². The van der Waals surface area contributed by atoms with Crippen molar-refractivity contribution in [1.82, 2.24) is 0 Å². The minimum absolute atomic E-state index is 0.334. The molecule has 1 aliphatic rings. The van der Waals surface area contributed by atoms with Crippen LogP contribution in [-0.2, 0) is 0 Å². The Morgan fingerprint density at radius 1 is 1.18 bits per heavy atom. The second kappa shape index (κ2) is 5.41. The normalized spacial score (nSPS) is 24.4. The summed E-state index contributed by atoms with van der Waals surface area (Å²) < 4.78 is 10.7. The van der Waals surface area contributed by atoms with Gasteiger partial charge in [-0.3, -0.25) is 0 Å². The van der Waals surface area contributed by atoms with E-state index >= 15 is 0 Å². The van der Waals surface area contributed by atoms with Gasteiger partial charge in [0, 0.05) is 12.1 Å². The average Bonchev–Trinajstić information content (AvgIpc) is 2.38. The third kappa shape index (κ3) is 2.72. The second-order valence-electron chi connectivity index (χ2n) is 4.73. The van der Waals surface area contributed by atoms with Crippen molar-refractivity contribution in [2.45, 2.75) is 37.6 Å². The van der Waals surface area contributed by atoms with Gasteiger partial charge in [-0.25, -0.2) is 0 Å². The quantitative estimate of drug-likeness (QED) is 0.876. The SMILES string of the molecule is COc1ccc(C2CCCC(N)C2)c(OC)c1. The van der Waals surface area contributed by atoms with Crippen molar-refractivity contribution in [2.75, 3.05) is 14.2 Å². The number of rotatable bonds is 3. The summed E-state index contributed by atoms with van der Waals surface area (Å²) in [4.78, 5) is 0. The highest BCUT2D eigenvalue weighted by atomic mass is 16.5. The summed E-state index contributed by atoms with van der Waals surface area (Å²) in [6.45, 7) is 0. The van der Waals surface area contributed by atoms with E-state index < -0.39 is 0 Å². The van der Waals surface area contributed by atoms with E-state index in [1.54, 1.807) is 14.2 Å². The molecule has 0 amide bonds. The molecule has 0 heterocycles. The fourth-order valence-electron chi connectivity index (χ4n) is 2.67. The maximum absolute atomic E-state index is 6.04. The molecule has 3 heteroatoms. The third-order valence-electron chi connectivity index (χ3n) is 3.60. The molecule has 1 aromatic rings. The minimum atomic E-state index is 0.334. The van der Waals surface area contributed by atoms with Crippen molar-refractivity contribution in [3.05, 3.63) is 23.8 Å². The first kappa shape index (κ1) is 12.2. The summed E-state index contributed by atoms with van der Waals surface area (Å²) >= 11 is 0. The number of nitrogens with two attached hydrogens (primary N) is 1. The summed E-state index contributed by atoms with van der Waals surface area (Å²) in [6.07, 6.45) is 4.62. The zero-order valence-corrected chi connectivity index (χ0v) is 10.6. The molecule has 0 radical (unpaired) electrons. The highest BCUT2D eigenvalue weighted by Crippen LogP contribution is 2.38. The average molecular weight is 235 g/mol. The van der Waals surface area contributed by atoms with E-state index in [0.717, 1.165) is 24.3 Å². The Morgan fingerprint density at radius 2 is 2.00 bits per heavy atom. The van der Waals surface area contributed by atoms with Crippen LogP contribution in [-0.4, -0.2) is 20.3 Å². The van der Waals surface area contributed by atoms with E-state index in [1.807, 2.05) is 12.1 Å². The van der Waals surface area contributed by atoms with Gasteiger partial charge in [0.15, 0.2) is 0 Å². The van der Waals surface area contributed by atoms with Crippen molar-refractivity contribution in [2.24, 2.45) is 5.73 Å². The molecule has 2 N–H and O–H groups in total. The van der Waals surface area contributed by atoms with Crippen molar-refractivity contribution < 1.29 is 9.47 Å². The number of methoxy groups -OCH3 is 2. The molecule has 3 nitrogen and oxygen atoms in total. The smallest absolute Gasteiger partial charge is 0.126 e. The predicted molar refractivity (Wildman–Crippen MR) is 68.7 cm³/mol. The summed E-state index contributed by atoms with van der Waals surface area (Å²) in [5.74, 6) is 2.29. The second-order valence-corrected chi connectivity index (χ2v) is 4.73. The van der Waals surface area contributed by atoms with Crippen LogP contribution >= 0.6 is 0 Å². The first-order valence-corrected chi connectivity index (χ1v) is 6.22. The number of benzene rings is 1. The fraction of sp³-hybridized carbons (Fsp3) is 0.571. The Hall–Kier alpha value is -1.22. The maximum atomic E-state index is 6.04. The van der Waals surface area contributed by atoms with Crippen molar-refractivity contribution >= 4 is 0 Å². The molecular formula is C14H21NO2. The summed E-state index contributed by atoms with van der Waals surface area (Å²) in [5.41, 5.74) is 7.31. The molecular weight excluding hydrogens is 214 g/mol. The Labute approximate surface area is 103 Å². The lowest BCUT2D eigenvalue weighted by Crippen LogP contribution is -2.27. The van der Waals surface area contributed by atoms with Crippen LogP contribution < -0.4 is 15.2 Å². The number of hydrogen-bond donors (Lipinski definition) is 1. The lowest BCUT2D eigenvalue weighted by Gasteiger charge is -2.28. The molecule has 2 unspecified atom stereocenters. The molecule has 0 spiro atoms. The standard InChI is InChI=1S/C14H21NO2/c1-16-12-6-7-13(14(9-12)17-2)10-4-3-5-11(15)8-10/h6-7,9-11H,3-5,8,15H2,1-2H3.